The van der Waals surface area contributed by atoms with E-state index in [1.807, 2.05) is 30.3 Å². The zero-order valence-corrected chi connectivity index (χ0v) is 11.2. The van der Waals surface area contributed by atoms with Crippen LogP contribution in [0.5, 0.6) is 0 Å². The second-order valence-corrected chi connectivity index (χ2v) is 4.03. The van der Waals surface area contributed by atoms with Crippen LogP contribution in [0.3, 0.4) is 0 Å². The molecule has 0 bridgehead atoms. The zero-order valence-electron chi connectivity index (χ0n) is 11.2. The van der Waals surface area contributed by atoms with Gasteiger partial charge in [-0.1, -0.05) is 74.9 Å². The van der Waals surface area contributed by atoms with Crippen molar-refractivity contribution in [3.63, 3.8) is 0 Å². The van der Waals surface area contributed by atoms with Crippen molar-refractivity contribution in [2.75, 3.05) is 0 Å². The highest BCUT2D eigenvalue weighted by Gasteiger charge is 1.95. The van der Waals surface area contributed by atoms with Gasteiger partial charge in [0.1, 0.15) is 6.29 Å². The van der Waals surface area contributed by atoms with Crippen molar-refractivity contribution in [2.24, 2.45) is 0 Å². The molecule has 6 N–H and O–H groups in total. The zero-order chi connectivity index (χ0) is 11.5. The quantitative estimate of drug-likeness (QED) is 0.595. The molecule has 1 aromatic carbocycles. The smallest absolute Gasteiger partial charge is 0.142 e. The molecule has 1 aliphatic rings. The van der Waals surface area contributed by atoms with Gasteiger partial charge in [-0.15, -0.1) is 0 Å². The van der Waals surface area contributed by atoms with E-state index in [9.17, 15) is 4.79 Å². The number of aldehydes is 1. The predicted octanol–water partition coefficient (Wildman–Crippen LogP) is 4.56. The molecule has 3 heteroatoms. The third kappa shape index (κ3) is 9.75. The molecule has 1 aliphatic carbocycles. The number of hydrogen-bond donors (Lipinski definition) is 2. The molecule has 0 atom stereocenters. The lowest BCUT2D eigenvalue weighted by molar-refractivity contribution is -0.104. The fourth-order valence-corrected chi connectivity index (χ4v) is 1.78. The normalized spacial score (nSPS) is 13.6. The molecule has 1 saturated carbocycles. The third-order valence-corrected chi connectivity index (χ3v) is 2.67. The maximum atomic E-state index is 9.89. The van der Waals surface area contributed by atoms with Gasteiger partial charge >= 0.3 is 0 Å². The lowest BCUT2D eigenvalue weighted by atomic mass is 10.0. The average molecular weight is 250 g/mol. The van der Waals surface area contributed by atoms with Crippen molar-refractivity contribution in [3.05, 3.63) is 42.0 Å². The van der Waals surface area contributed by atoms with E-state index >= 15 is 0 Å². The summed E-state index contributed by atoms with van der Waals surface area (Å²) in [7, 11) is 0. The monoisotopic (exact) mass is 250 g/mol. The summed E-state index contributed by atoms with van der Waals surface area (Å²) in [6.07, 6.45) is 13.0. The topological polar surface area (TPSA) is 87.1 Å². The summed E-state index contributed by atoms with van der Waals surface area (Å²) in [5, 5.41) is 0. The lowest BCUT2D eigenvalue weighted by Gasteiger charge is -2.05. The molecule has 0 heterocycles. The van der Waals surface area contributed by atoms with Gasteiger partial charge in [-0.25, -0.2) is 0 Å². The van der Waals surface area contributed by atoms with Gasteiger partial charge in [0, 0.05) is 0 Å². The molecule has 0 aromatic heterocycles. The van der Waals surface area contributed by atoms with Crippen LogP contribution in [0.1, 0.15) is 44.1 Å². The van der Waals surface area contributed by atoms with Crippen LogP contribution in [0.2, 0.25) is 0 Å². The summed E-state index contributed by atoms with van der Waals surface area (Å²) in [6.45, 7) is 0. The Morgan fingerprint density at radius 3 is 1.61 bits per heavy atom. The molecule has 102 valence electrons. The molecular formula is C15H26N2O. The predicted molar refractivity (Wildman–Crippen MR) is 79.3 cm³/mol. The Bertz CT molecular complexity index is 294. The molecule has 3 nitrogen and oxygen atoms in total. The molecule has 1 fully saturated rings. The molecule has 1 aromatic rings. The number of rotatable bonds is 2. The Morgan fingerprint density at radius 2 is 1.22 bits per heavy atom. The van der Waals surface area contributed by atoms with Gasteiger partial charge in [-0.05, 0) is 11.6 Å². The highest BCUT2D eigenvalue weighted by Crippen LogP contribution is 2.15. The first kappa shape index (κ1) is 18.9. The number of allylic oxidation sites excluding steroid dienone is 1. The van der Waals surface area contributed by atoms with Gasteiger partial charge in [-0.3, -0.25) is 4.79 Å². The Labute approximate surface area is 110 Å². The van der Waals surface area contributed by atoms with Gasteiger partial charge in [0.25, 0.3) is 0 Å². The van der Waals surface area contributed by atoms with Crippen molar-refractivity contribution >= 4 is 12.4 Å². The van der Waals surface area contributed by atoms with Crippen LogP contribution in [0.25, 0.3) is 6.08 Å². The summed E-state index contributed by atoms with van der Waals surface area (Å²) in [5.41, 5.74) is 1.05. The summed E-state index contributed by atoms with van der Waals surface area (Å²) >= 11 is 0. The molecule has 0 unspecified atom stereocenters. The van der Waals surface area contributed by atoms with E-state index in [0.717, 1.165) is 11.8 Å². The van der Waals surface area contributed by atoms with Gasteiger partial charge < -0.3 is 12.3 Å². The van der Waals surface area contributed by atoms with Crippen LogP contribution in [0, 0.1) is 0 Å². The van der Waals surface area contributed by atoms with Crippen molar-refractivity contribution in [1.82, 2.24) is 12.3 Å². The van der Waals surface area contributed by atoms with E-state index in [0.29, 0.717) is 0 Å². The summed E-state index contributed by atoms with van der Waals surface area (Å²) < 4.78 is 0. The van der Waals surface area contributed by atoms with Crippen molar-refractivity contribution < 1.29 is 4.79 Å². The Hall–Kier alpha value is -1.45. The fourth-order valence-electron chi connectivity index (χ4n) is 1.78. The van der Waals surface area contributed by atoms with E-state index in [4.69, 9.17) is 0 Å². The van der Waals surface area contributed by atoms with Gasteiger partial charge in [0.05, 0.1) is 0 Å². The summed E-state index contributed by atoms with van der Waals surface area (Å²) in [6, 6.07) is 9.70. The minimum absolute atomic E-state index is 0. The Balaban J connectivity index is 0. The molecule has 0 aliphatic heterocycles. The minimum Gasteiger partial charge on any atom is -0.344 e. The maximum Gasteiger partial charge on any atom is 0.142 e. The summed E-state index contributed by atoms with van der Waals surface area (Å²) in [4.78, 5) is 9.89. The number of carbonyl (C=O) groups excluding carboxylic acids is 1. The molecule has 0 amide bonds. The molecule has 0 radical (unpaired) electrons. The molecule has 18 heavy (non-hydrogen) atoms. The Kier molecular flexibility index (Phi) is 14.3. The maximum absolute atomic E-state index is 9.89. The first-order chi connectivity index (χ1) is 7.93. The highest BCUT2D eigenvalue weighted by molar-refractivity contribution is 5.73. The van der Waals surface area contributed by atoms with Crippen LogP contribution >= 0.6 is 0 Å². The van der Waals surface area contributed by atoms with Gasteiger partial charge in [0.15, 0.2) is 0 Å². The number of benzene rings is 1. The lowest BCUT2D eigenvalue weighted by Crippen LogP contribution is -1.85. The van der Waals surface area contributed by atoms with E-state index in [1.54, 1.807) is 6.08 Å². The van der Waals surface area contributed by atoms with E-state index in [-0.39, 0.29) is 12.3 Å². The third-order valence-electron chi connectivity index (χ3n) is 2.67. The second kappa shape index (κ2) is 13.6. The van der Waals surface area contributed by atoms with Crippen molar-refractivity contribution in [2.45, 2.75) is 38.5 Å². The Morgan fingerprint density at radius 1 is 0.778 bits per heavy atom. The molecule has 0 spiro atoms. The first-order valence-electron chi connectivity index (χ1n) is 6.10. The van der Waals surface area contributed by atoms with Gasteiger partial charge in [0.2, 0.25) is 0 Å². The van der Waals surface area contributed by atoms with Crippen LogP contribution in [0.15, 0.2) is 36.4 Å². The largest absolute Gasteiger partial charge is 0.344 e. The van der Waals surface area contributed by atoms with Crippen molar-refractivity contribution in [1.29, 1.82) is 0 Å². The number of hydrogen-bond acceptors (Lipinski definition) is 3. The first-order valence-corrected chi connectivity index (χ1v) is 6.10. The van der Waals surface area contributed by atoms with Crippen molar-refractivity contribution in [3.8, 4) is 0 Å². The fraction of sp³-hybridized carbons (Fsp3) is 0.400. The van der Waals surface area contributed by atoms with Crippen LogP contribution in [-0.2, 0) is 4.79 Å². The molecular weight excluding hydrogens is 224 g/mol. The standard InChI is InChI=1S/C9H8O.C6H12.2H3N/c10-8-4-7-9-5-2-1-3-6-9;1-2-4-6-5-3-1;;/h1-8H;1-6H2;2*1H3/b7-4+;;;. The molecule has 0 saturated heterocycles. The van der Waals surface area contributed by atoms with E-state index < -0.39 is 0 Å². The second-order valence-electron chi connectivity index (χ2n) is 4.03. The van der Waals surface area contributed by atoms with E-state index in [1.165, 1.54) is 44.6 Å². The SMILES string of the molecule is C1CCCCC1.N.N.O=C/C=C/c1ccccc1. The molecule has 2 rings (SSSR count). The van der Waals surface area contributed by atoms with Crippen LogP contribution in [-0.4, -0.2) is 6.29 Å². The van der Waals surface area contributed by atoms with Crippen LogP contribution < -0.4 is 12.3 Å². The van der Waals surface area contributed by atoms with E-state index in [2.05, 4.69) is 0 Å². The van der Waals surface area contributed by atoms with Gasteiger partial charge in [-0.2, -0.15) is 0 Å². The minimum atomic E-state index is 0. The van der Waals surface area contributed by atoms with Crippen LogP contribution in [0.4, 0.5) is 0 Å². The number of carbonyl (C=O) groups is 1. The summed E-state index contributed by atoms with van der Waals surface area (Å²) in [5.74, 6) is 0. The average Bonchev–Trinajstić information content (AvgIpc) is 2.40. The highest BCUT2D eigenvalue weighted by atomic mass is 16.1.